The number of aromatic nitrogens is 3. The summed E-state index contributed by atoms with van der Waals surface area (Å²) >= 11 is 0. The molecule has 0 radical (unpaired) electrons. The Hall–Kier alpha value is -4.26. The van der Waals surface area contributed by atoms with Crippen LogP contribution in [0.5, 0.6) is 23.0 Å². The van der Waals surface area contributed by atoms with Gasteiger partial charge in [0.25, 0.3) is 0 Å². The van der Waals surface area contributed by atoms with Crippen LogP contribution in [0.4, 0.5) is 11.5 Å². The lowest BCUT2D eigenvalue weighted by atomic mass is 10.2. The summed E-state index contributed by atoms with van der Waals surface area (Å²) in [5.74, 6) is 3.53. The molecule has 5 aromatic rings. The second-order valence-electron chi connectivity index (χ2n) is 6.89. The zero-order valence-electron chi connectivity index (χ0n) is 17.0. The summed E-state index contributed by atoms with van der Waals surface area (Å²) < 4.78 is 16.7. The Kier molecular flexibility index (Phi) is 4.76. The number of para-hydroxylation sites is 1. The number of aromatic amines is 1. The number of fused-ring (bicyclic) bond motifs is 3. The van der Waals surface area contributed by atoms with Gasteiger partial charge in [-0.25, -0.2) is 9.97 Å². The SMILES string of the molecule is COc1cc2[nH]c3c(Nc4ccc(Oc5ccccc5)cc4)ncnc3c2cc1OC. The zero-order valence-corrected chi connectivity index (χ0v) is 17.0. The molecule has 0 bridgehead atoms. The molecule has 5 rings (SSSR count). The molecule has 2 heterocycles. The van der Waals surface area contributed by atoms with Crippen LogP contribution in [0.25, 0.3) is 21.9 Å². The Bertz CT molecular complexity index is 1350. The maximum Gasteiger partial charge on any atom is 0.162 e. The van der Waals surface area contributed by atoms with Gasteiger partial charge in [-0.2, -0.15) is 0 Å². The molecule has 3 aromatic carbocycles. The lowest BCUT2D eigenvalue weighted by molar-refractivity contribution is 0.356. The Morgan fingerprint density at radius 2 is 1.52 bits per heavy atom. The van der Waals surface area contributed by atoms with E-state index in [4.69, 9.17) is 14.2 Å². The Morgan fingerprint density at radius 3 is 2.26 bits per heavy atom. The van der Waals surface area contributed by atoms with Gasteiger partial charge in [-0.15, -0.1) is 0 Å². The number of benzene rings is 3. The minimum absolute atomic E-state index is 0.651. The van der Waals surface area contributed by atoms with Gasteiger partial charge in [-0.05, 0) is 42.5 Å². The summed E-state index contributed by atoms with van der Waals surface area (Å²) in [6, 6.07) is 21.2. The van der Waals surface area contributed by atoms with Crippen LogP contribution < -0.4 is 19.5 Å². The van der Waals surface area contributed by atoms with E-state index < -0.39 is 0 Å². The lowest BCUT2D eigenvalue weighted by Crippen LogP contribution is -1.95. The highest BCUT2D eigenvalue weighted by atomic mass is 16.5. The van der Waals surface area contributed by atoms with Crippen molar-refractivity contribution >= 4 is 33.4 Å². The molecule has 0 spiro atoms. The second kappa shape index (κ2) is 7.87. The van der Waals surface area contributed by atoms with Crippen LogP contribution in [0.2, 0.25) is 0 Å². The Balaban J connectivity index is 1.46. The van der Waals surface area contributed by atoms with E-state index >= 15 is 0 Å². The molecule has 0 unspecified atom stereocenters. The van der Waals surface area contributed by atoms with Gasteiger partial charge in [-0.3, -0.25) is 0 Å². The first-order valence-electron chi connectivity index (χ1n) is 9.73. The molecule has 2 aromatic heterocycles. The molecule has 0 atom stereocenters. The van der Waals surface area contributed by atoms with Gasteiger partial charge in [-0.1, -0.05) is 18.2 Å². The van der Waals surface area contributed by atoms with E-state index in [-0.39, 0.29) is 0 Å². The van der Waals surface area contributed by atoms with E-state index in [1.165, 1.54) is 0 Å². The van der Waals surface area contributed by atoms with E-state index in [1.807, 2.05) is 66.7 Å². The fraction of sp³-hybridized carbons (Fsp3) is 0.0833. The third kappa shape index (κ3) is 3.57. The van der Waals surface area contributed by atoms with Crippen molar-refractivity contribution < 1.29 is 14.2 Å². The highest BCUT2D eigenvalue weighted by Gasteiger charge is 2.14. The average Bonchev–Trinajstić information content (AvgIpc) is 3.18. The molecule has 31 heavy (non-hydrogen) atoms. The topological polar surface area (TPSA) is 81.3 Å². The lowest BCUT2D eigenvalue weighted by Gasteiger charge is -2.09. The molecule has 0 amide bonds. The first-order valence-corrected chi connectivity index (χ1v) is 9.73. The second-order valence-corrected chi connectivity index (χ2v) is 6.89. The molecule has 154 valence electrons. The van der Waals surface area contributed by atoms with Crippen molar-refractivity contribution in [3.05, 3.63) is 73.1 Å². The first kappa shape index (κ1) is 18.7. The summed E-state index contributed by atoms with van der Waals surface area (Å²) in [5.41, 5.74) is 3.38. The molecular formula is C24H20N4O3. The van der Waals surface area contributed by atoms with Crippen LogP contribution in [0.15, 0.2) is 73.1 Å². The molecule has 2 N–H and O–H groups in total. The predicted octanol–water partition coefficient (Wildman–Crippen LogP) is 5.66. The summed E-state index contributed by atoms with van der Waals surface area (Å²) in [4.78, 5) is 12.3. The first-order chi connectivity index (χ1) is 15.2. The van der Waals surface area contributed by atoms with Crippen molar-refractivity contribution in [2.75, 3.05) is 19.5 Å². The maximum atomic E-state index is 5.85. The molecule has 0 saturated heterocycles. The fourth-order valence-corrected chi connectivity index (χ4v) is 3.48. The molecule has 0 aliphatic carbocycles. The van der Waals surface area contributed by atoms with Crippen LogP contribution in [-0.2, 0) is 0 Å². The van der Waals surface area contributed by atoms with E-state index in [1.54, 1.807) is 20.5 Å². The van der Waals surface area contributed by atoms with Gasteiger partial charge in [0, 0.05) is 17.1 Å². The average molecular weight is 412 g/mol. The summed E-state index contributed by atoms with van der Waals surface area (Å²) in [6.07, 6.45) is 1.54. The van der Waals surface area contributed by atoms with Crippen molar-refractivity contribution in [3.8, 4) is 23.0 Å². The monoisotopic (exact) mass is 412 g/mol. The number of hydrogen-bond donors (Lipinski definition) is 2. The van der Waals surface area contributed by atoms with Crippen molar-refractivity contribution in [2.24, 2.45) is 0 Å². The molecule has 7 heteroatoms. The number of nitrogens with one attached hydrogen (secondary N) is 2. The maximum absolute atomic E-state index is 5.85. The smallest absolute Gasteiger partial charge is 0.162 e. The molecule has 0 saturated carbocycles. The highest BCUT2D eigenvalue weighted by molar-refractivity contribution is 6.09. The van der Waals surface area contributed by atoms with Gasteiger partial charge in [0.1, 0.15) is 28.9 Å². The van der Waals surface area contributed by atoms with Crippen LogP contribution in [0.3, 0.4) is 0 Å². The van der Waals surface area contributed by atoms with Crippen LogP contribution in [0.1, 0.15) is 0 Å². The number of nitrogens with zero attached hydrogens (tertiary/aromatic N) is 2. The normalized spacial score (nSPS) is 10.9. The number of anilines is 2. The summed E-state index contributed by atoms with van der Waals surface area (Å²) in [6.45, 7) is 0. The van der Waals surface area contributed by atoms with Crippen LogP contribution in [0, 0.1) is 0 Å². The highest BCUT2D eigenvalue weighted by Crippen LogP contribution is 2.36. The molecule has 0 aliphatic heterocycles. The summed E-state index contributed by atoms with van der Waals surface area (Å²) in [7, 11) is 3.23. The number of rotatable bonds is 6. The van der Waals surface area contributed by atoms with Crippen LogP contribution >= 0.6 is 0 Å². The minimum Gasteiger partial charge on any atom is -0.493 e. The summed E-state index contributed by atoms with van der Waals surface area (Å²) in [5, 5.41) is 4.29. The van der Waals surface area contributed by atoms with E-state index in [9.17, 15) is 0 Å². The Morgan fingerprint density at radius 1 is 0.806 bits per heavy atom. The number of H-pyrrole nitrogens is 1. The number of methoxy groups -OCH3 is 2. The molecule has 0 fully saturated rings. The van der Waals surface area contributed by atoms with Crippen molar-refractivity contribution in [3.63, 3.8) is 0 Å². The van der Waals surface area contributed by atoms with Crippen molar-refractivity contribution in [1.29, 1.82) is 0 Å². The zero-order chi connectivity index (χ0) is 21.2. The third-order valence-electron chi connectivity index (χ3n) is 4.98. The molecule has 0 aliphatic rings. The van der Waals surface area contributed by atoms with Gasteiger partial charge >= 0.3 is 0 Å². The van der Waals surface area contributed by atoms with E-state index in [2.05, 4.69) is 20.3 Å². The van der Waals surface area contributed by atoms with Crippen LogP contribution in [-0.4, -0.2) is 29.2 Å². The Labute approximate surface area is 178 Å². The number of hydrogen-bond acceptors (Lipinski definition) is 6. The van der Waals surface area contributed by atoms with Gasteiger partial charge < -0.3 is 24.5 Å². The molecule has 7 nitrogen and oxygen atoms in total. The third-order valence-corrected chi connectivity index (χ3v) is 4.98. The van der Waals surface area contributed by atoms with Crippen molar-refractivity contribution in [2.45, 2.75) is 0 Å². The number of ether oxygens (including phenoxy) is 3. The minimum atomic E-state index is 0.651. The standard InChI is InChI=1S/C24H20N4O3/c1-29-20-12-18-19(13-21(20)30-2)28-23-22(18)25-14-26-24(23)27-15-8-10-17(11-9-15)31-16-6-4-3-5-7-16/h3-14,28H,1-2H3,(H,25,26,27). The quantitative estimate of drug-likeness (QED) is 0.374. The van der Waals surface area contributed by atoms with E-state index in [0.29, 0.717) is 17.3 Å². The van der Waals surface area contributed by atoms with Gasteiger partial charge in [0.2, 0.25) is 0 Å². The largest absolute Gasteiger partial charge is 0.493 e. The van der Waals surface area contributed by atoms with Gasteiger partial charge in [0.15, 0.2) is 17.3 Å². The molecular weight excluding hydrogens is 392 g/mol. The predicted molar refractivity (Wildman–Crippen MR) is 121 cm³/mol. The van der Waals surface area contributed by atoms with Gasteiger partial charge in [0.05, 0.1) is 19.7 Å². The van der Waals surface area contributed by atoms with Crippen molar-refractivity contribution in [1.82, 2.24) is 15.0 Å². The fourth-order valence-electron chi connectivity index (χ4n) is 3.48. The van der Waals surface area contributed by atoms with E-state index in [0.717, 1.165) is 39.1 Å².